The molecule has 0 N–H and O–H groups in total. The van der Waals surface area contributed by atoms with Crippen LogP contribution in [0.4, 0.5) is 0 Å². The average Bonchev–Trinajstić information content (AvgIpc) is 2.02. The topological polar surface area (TPSA) is 17.1 Å². The van der Waals surface area contributed by atoms with Crippen LogP contribution in [-0.2, 0) is 4.79 Å². The van der Waals surface area contributed by atoms with Gasteiger partial charge in [0, 0.05) is 12.8 Å². The molecule has 0 spiro atoms. The van der Waals surface area contributed by atoms with Crippen LogP contribution in [0.3, 0.4) is 0 Å². The van der Waals surface area contributed by atoms with Crippen LogP contribution in [0.2, 0.25) is 0 Å². The Bertz CT molecular complexity index is 148. The van der Waals surface area contributed by atoms with E-state index in [-0.39, 0.29) is 0 Å². The molecular weight excluding hydrogens is 124 g/mol. The molecule has 0 saturated heterocycles. The van der Waals surface area contributed by atoms with Gasteiger partial charge in [0.25, 0.3) is 0 Å². The van der Waals surface area contributed by atoms with Crippen LogP contribution in [0.25, 0.3) is 0 Å². The smallest absolute Gasteiger partial charge is 0.140 e. The number of allylic oxidation sites excluding steroid dienone is 4. The number of ketones is 1. The first-order chi connectivity index (χ1) is 4.89. The highest BCUT2D eigenvalue weighted by Gasteiger charge is 1.95. The molecule has 0 aromatic rings. The van der Waals surface area contributed by atoms with Crippen molar-refractivity contribution in [2.45, 2.75) is 25.7 Å². The average molecular weight is 136 g/mol. The van der Waals surface area contributed by atoms with Crippen molar-refractivity contribution in [1.82, 2.24) is 0 Å². The molecule has 1 heteroatoms. The van der Waals surface area contributed by atoms with Gasteiger partial charge in [0.15, 0.2) is 0 Å². The van der Waals surface area contributed by atoms with Crippen molar-refractivity contribution in [1.29, 1.82) is 0 Å². The van der Waals surface area contributed by atoms with Gasteiger partial charge in [0.05, 0.1) is 0 Å². The predicted octanol–water partition coefficient (Wildman–Crippen LogP) is 2.24. The van der Waals surface area contributed by atoms with E-state index < -0.39 is 0 Å². The van der Waals surface area contributed by atoms with Crippen LogP contribution in [0.5, 0.6) is 0 Å². The van der Waals surface area contributed by atoms with E-state index in [1.165, 1.54) is 0 Å². The van der Waals surface area contributed by atoms with Gasteiger partial charge in [-0.2, -0.15) is 0 Å². The second kappa shape index (κ2) is 4.04. The summed E-state index contributed by atoms with van der Waals surface area (Å²) < 4.78 is 0. The third-order valence-corrected chi connectivity index (χ3v) is 1.52. The van der Waals surface area contributed by atoms with E-state index in [0.29, 0.717) is 18.6 Å². The van der Waals surface area contributed by atoms with Gasteiger partial charge < -0.3 is 0 Å². The van der Waals surface area contributed by atoms with Crippen LogP contribution >= 0.6 is 0 Å². The summed E-state index contributed by atoms with van der Waals surface area (Å²) in [6, 6.07) is 0. The summed E-state index contributed by atoms with van der Waals surface area (Å²) in [7, 11) is 0. The minimum Gasteiger partial charge on any atom is -0.299 e. The van der Waals surface area contributed by atoms with Crippen molar-refractivity contribution in [3.63, 3.8) is 0 Å². The minimum absolute atomic E-state index is 0.314. The SMILES string of the molecule is O=C1C/C=C\CC/C=C\C1. The lowest BCUT2D eigenvalue weighted by atomic mass is 10.2. The highest BCUT2D eigenvalue weighted by atomic mass is 16.1. The van der Waals surface area contributed by atoms with Gasteiger partial charge in [-0.1, -0.05) is 24.3 Å². The summed E-state index contributed by atoms with van der Waals surface area (Å²) >= 11 is 0. The van der Waals surface area contributed by atoms with Gasteiger partial charge >= 0.3 is 0 Å². The molecule has 0 aliphatic heterocycles. The van der Waals surface area contributed by atoms with E-state index in [2.05, 4.69) is 12.2 Å². The quantitative estimate of drug-likeness (QED) is 0.467. The Morgan fingerprint density at radius 1 is 0.900 bits per heavy atom. The van der Waals surface area contributed by atoms with E-state index >= 15 is 0 Å². The summed E-state index contributed by atoms with van der Waals surface area (Å²) in [5.41, 5.74) is 0. The van der Waals surface area contributed by atoms with Crippen LogP contribution in [0, 0.1) is 0 Å². The largest absolute Gasteiger partial charge is 0.299 e. The van der Waals surface area contributed by atoms with Crippen LogP contribution in [-0.4, -0.2) is 5.78 Å². The minimum atomic E-state index is 0.314. The number of rotatable bonds is 0. The molecule has 0 amide bonds. The highest BCUT2D eigenvalue weighted by molar-refractivity contribution is 5.81. The number of hydrogen-bond donors (Lipinski definition) is 0. The number of hydrogen-bond acceptors (Lipinski definition) is 1. The molecule has 0 radical (unpaired) electrons. The van der Waals surface area contributed by atoms with Gasteiger partial charge in [-0.15, -0.1) is 0 Å². The standard InChI is InChI=1S/C9H12O/c10-9-7-5-3-1-2-4-6-8-9/h3-6H,1-2,7-8H2/b5-3-,6-4-. The van der Waals surface area contributed by atoms with Crippen molar-refractivity contribution in [3.8, 4) is 0 Å². The predicted molar refractivity (Wildman–Crippen MR) is 41.8 cm³/mol. The molecule has 0 fully saturated rings. The fraction of sp³-hybridized carbons (Fsp3) is 0.444. The zero-order chi connectivity index (χ0) is 7.23. The summed E-state index contributed by atoms with van der Waals surface area (Å²) in [6.07, 6.45) is 11.5. The molecule has 1 nitrogen and oxygen atoms in total. The zero-order valence-electron chi connectivity index (χ0n) is 6.05. The Labute approximate surface area is 61.4 Å². The second-order valence-electron chi connectivity index (χ2n) is 2.47. The van der Waals surface area contributed by atoms with Crippen molar-refractivity contribution in [3.05, 3.63) is 24.3 Å². The highest BCUT2D eigenvalue weighted by Crippen LogP contribution is 2.01. The number of carbonyl (C=O) groups excluding carboxylic acids is 1. The maximum atomic E-state index is 10.9. The molecule has 0 bridgehead atoms. The molecule has 0 saturated carbocycles. The zero-order valence-corrected chi connectivity index (χ0v) is 6.05. The molecule has 0 atom stereocenters. The molecule has 0 heterocycles. The van der Waals surface area contributed by atoms with Crippen molar-refractivity contribution in [2.24, 2.45) is 0 Å². The van der Waals surface area contributed by atoms with Gasteiger partial charge in [-0.05, 0) is 12.8 Å². The Balaban J connectivity index is 2.47. The van der Waals surface area contributed by atoms with Crippen LogP contribution < -0.4 is 0 Å². The van der Waals surface area contributed by atoms with E-state index in [1.54, 1.807) is 0 Å². The summed E-state index contributed by atoms with van der Waals surface area (Å²) in [4.78, 5) is 10.9. The molecule has 10 heavy (non-hydrogen) atoms. The third kappa shape index (κ3) is 2.62. The first-order valence-corrected chi connectivity index (χ1v) is 3.71. The van der Waals surface area contributed by atoms with Crippen molar-refractivity contribution >= 4 is 5.78 Å². The van der Waals surface area contributed by atoms with Gasteiger partial charge in [0.2, 0.25) is 0 Å². The number of carbonyl (C=O) groups is 1. The molecule has 0 unspecified atom stereocenters. The monoisotopic (exact) mass is 136 g/mol. The Morgan fingerprint density at radius 2 is 1.40 bits per heavy atom. The van der Waals surface area contributed by atoms with Gasteiger partial charge in [0.1, 0.15) is 5.78 Å². The first-order valence-electron chi connectivity index (χ1n) is 3.71. The van der Waals surface area contributed by atoms with Gasteiger partial charge in [-0.3, -0.25) is 4.79 Å². The Morgan fingerprint density at radius 3 is 1.90 bits per heavy atom. The first kappa shape index (κ1) is 7.26. The lowest BCUT2D eigenvalue weighted by Crippen LogP contribution is -1.91. The normalized spacial score (nSPS) is 26.2. The lowest BCUT2D eigenvalue weighted by molar-refractivity contribution is -0.117. The molecule has 1 aliphatic rings. The molecule has 1 rings (SSSR count). The molecule has 0 aromatic heterocycles. The number of Topliss-reactive ketones (excluding diaryl/α,β-unsaturated/α-hetero) is 1. The van der Waals surface area contributed by atoms with Crippen molar-refractivity contribution in [2.75, 3.05) is 0 Å². The maximum Gasteiger partial charge on any atom is 0.140 e. The van der Waals surface area contributed by atoms with E-state index in [9.17, 15) is 4.79 Å². The summed E-state index contributed by atoms with van der Waals surface area (Å²) in [5.74, 6) is 0.314. The van der Waals surface area contributed by atoms with E-state index in [0.717, 1.165) is 12.8 Å². The lowest BCUT2D eigenvalue weighted by Gasteiger charge is -1.86. The van der Waals surface area contributed by atoms with Gasteiger partial charge in [-0.25, -0.2) is 0 Å². The van der Waals surface area contributed by atoms with Crippen molar-refractivity contribution < 1.29 is 4.79 Å². The summed E-state index contributed by atoms with van der Waals surface area (Å²) in [6.45, 7) is 0. The fourth-order valence-corrected chi connectivity index (χ4v) is 0.941. The molecular formula is C9H12O. The fourth-order valence-electron chi connectivity index (χ4n) is 0.941. The summed E-state index contributed by atoms with van der Waals surface area (Å²) in [5, 5.41) is 0. The molecule has 1 aliphatic carbocycles. The third-order valence-electron chi connectivity index (χ3n) is 1.52. The molecule has 54 valence electrons. The van der Waals surface area contributed by atoms with Crippen LogP contribution in [0.1, 0.15) is 25.7 Å². The Kier molecular flexibility index (Phi) is 2.94. The van der Waals surface area contributed by atoms with Crippen LogP contribution in [0.15, 0.2) is 24.3 Å². The van der Waals surface area contributed by atoms with E-state index in [4.69, 9.17) is 0 Å². The second-order valence-corrected chi connectivity index (χ2v) is 2.47. The Hall–Kier alpha value is -0.850. The maximum absolute atomic E-state index is 10.9. The molecule has 0 aromatic carbocycles. The van der Waals surface area contributed by atoms with E-state index in [1.807, 2.05) is 12.2 Å².